The van der Waals surface area contributed by atoms with E-state index in [1.807, 2.05) is 0 Å². The molecule has 0 saturated heterocycles. The zero-order valence-electron chi connectivity index (χ0n) is 19.5. The summed E-state index contributed by atoms with van der Waals surface area (Å²) in [6.07, 6.45) is 4.62. The molecule has 0 fully saturated rings. The lowest BCUT2D eigenvalue weighted by molar-refractivity contribution is 0.482. The average Bonchev–Trinajstić information content (AvgIpc) is 3.13. The van der Waals surface area contributed by atoms with Crippen LogP contribution in [0.25, 0.3) is 10.8 Å². The first-order valence-electron chi connectivity index (χ1n) is 10.6. The number of nitrogens with one attached hydrogen (secondary N) is 1. The van der Waals surface area contributed by atoms with Gasteiger partial charge in [-0.1, -0.05) is 24.8 Å². The number of benzene rings is 2. The largest absolute Gasteiger partial charge is 0.297 e. The minimum atomic E-state index is -4.84. The summed E-state index contributed by atoms with van der Waals surface area (Å²) in [6, 6.07) is 4.98. The minimum absolute atomic E-state index is 0.0109. The Balaban J connectivity index is 1.70. The zero-order chi connectivity index (χ0) is 28.0. The molecule has 0 amide bonds. The van der Waals surface area contributed by atoms with Crippen LogP contribution in [-0.2, 0) is 30.1 Å². The van der Waals surface area contributed by atoms with E-state index in [4.69, 9.17) is 0 Å². The highest BCUT2D eigenvalue weighted by Crippen LogP contribution is 2.31. The quantitative estimate of drug-likeness (QED) is 0.276. The van der Waals surface area contributed by atoms with Crippen LogP contribution in [0.5, 0.6) is 0 Å². The fourth-order valence-corrected chi connectivity index (χ4v) is 5.97. The number of nitrogens with zero attached hydrogens (tertiary/aromatic N) is 3. The normalized spacial score (nSPS) is 16.7. The van der Waals surface area contributed by atoms with E-state index in [0.717, 1.165) is 11.5 Å². The molecule has 0 spiro atoms. The van der Waals surface area contributed by atoms with Crippen molar-refractivity contribution in [1.29, 1.82) is 0 Å². The maximum atomic E-state index is 13.0. The molecule has 1 unspecified atom stereocenters. The van der Waals surface area contributed by atoms with Crippen LogP contribution < -0.4 is 5.56 Å². The fraction of sp³-hybridized carbons (Fsp3) is 0.136. The molecule has 38 heavy (non-hydrogen) atoms. The monoisotopic (exact) mass is 580 g/mol. The molecule has 3 aromatic rings. The average molecular weight is 581 g/mol. The summed E-state index contributed by atoms with van der Waals surface area (Å²) < 4.78 is 90.7. The van der Waals surface area contributed by atoms with E-state index in [1.54, 1.807) is 13.0 Å². The number of rotatable bonds is 7. The Morgan fingerprint density at radius 3 is 2.34 bits per heavy atom. The van der Waals surface area contributed by atoms with Crippen LogP contribution in [0, 0.1) is 6.92 Å². The van der Waals surface area contributed by atoms with Gasteiger partial charge in [-0.05, 0) is 49.1 Å². The highest BCUT2D eigenvalue weighted by Gasteiger charge is 2.22. The number of aromatic amines is 1. The smallest absolute Gasteiger partial charge is 0.295 e. The lowest BCUT2D eigenvalue weighted by Crippen LogP contribution is -2.22. The Hall–Kier alpha value is -3.70. The highest BCUT2D eigenvalue weighted by atomic mass is 32.2. The van der Waals surface area contributed by atoms with E-state index in [2.05, 4.69) is 21.9 Å². The summed E-state index contributed by atoms with van der Waals surface area (Å²) in [4.78, 5) is 11.6. The topological polar surface area (TPSA) is 205 Å². The number of aromatic nitrogens is 2. The van der Waals surface area contributed by atoms with Crippen molar-refractivity contribution in [2.45, 2.75) is 29.2 Å². The van der Waals surface area contributed by atoms with Crippen LogP contribution in [0.15, 0.2) is 90.3 Å². The Kier molecular flexibility index (Phi) is 6.87. The van der Waals surface area contributed by atoms with Crippen LogP contribution in [0.3, 0.4) is 0 Å². The van der Waals surface area contributed by atoms with Crippen molar-refractivity contribution < 1.29 is 34.4 Å². The predicted octanol–water partition coefficient (Wildman–Crippen LogP) is 3.49. The number of aryl methyl sites for hydroxylation is 1. The fourth-order valence-electron chi connectivity index (χ4n) is 3.83. The minimum Gasteiger partial charge on any atom is -0.297 e. The predicted molar refractivity (Wildman–Crippen MR) is 138 cm³/mol. The van der Waals surface area contributed by atoms with Crippen molar-refractivity contribution in [2.24, 2.45) is 10.2 Å². The van der Waals surface area contributed by atoms with Crippen LogP contribution in [0.1, 0.15) is 18.2 Å². The molecule has 1 aliphatic carbocycles. The van der Waals surface area contributed by atoms with E-state index in [9.17, 15) is 39.2 Å². The number of azo groups is 1. The lowest BCUT2D eigenvalue weighted by atomic mass is 10.1. The number of hydrogen-bond donors (Lipinski definition) is 3. The standard InChI is InChI=1S/C22H20N4O9S3/c1-3-36(28,29)17-7-5-16(6-8-17)26-22(27)21(13(2)25-26)24-23-15-4-9-19-14(10-15)11-18(37(30,31)32)12-20(19)38(33,34)35/h3-5,7-12,16,25H,1,6H2,2H3,(H,30,31,32)(H,33,34,35). The molecule has 2 aromatic carbocycles. The second kappa shape index (κ2) is 9.55. The number of hydrogen-bond acceptors (Lipinski definition) is 9. The van der Waals surface area contributed by atoms with Crippen LogP contribution in [0.4, 0.5) is 11.4 Å². The van der Waals surface area contributed by atoms with Gasteiger partial charge in [0.25, 0.3) is 25.8 Å². The van der Waals surface area contributed by atoms with E-state index < -0.39 is 51.5 Å². The van der Waals surface area contributed by atoms with E-state index in [1.165, 1.54) is 35.0 Å². The van der Waals surface area contributed by atoms with Gasteiger partial charge in [-0.15, -0.1) is 5.11 Å². The Labute approximate surface area is 216 Å². The van der Waals surface area contributed by atoms with E-state index in [0.29, 0.717) is 11.8 Å². The molecule has 3 N–H and O–H groups in total. The Bertz CT molecular complexity index is 1970. The van der Waals surface area contributed by atoms with Crippen molar-refractivity contribution in [3.8, 4) is 0 Å². The third-order valence-corrected chi connectivity index (χ3v) is 8.82. The molecule has 1 atom stereocenters. The molecule has 16 heteroatoms. The number of H-pyrrole nitrogens is 1. The van der Waals surface area contributed by atoms with Gasteiger partial charge >= 0.3 is 0 Å². The third-order valence-electron chi connectivity index (χ3n) is 5.70. The van der Waals surface area contributed by atoms with Gasteiger partial charge in [0.15, 0.2) is 15.5 Å². The Morgan fingerprint density at radius 1 is 1.05 bits per heavy atom. The van der Waals surface area contributed by atoms with Gasteiger partial charge in [0.05, 0.1) is 27.2 Å². The maximum Gasteiger partial charge on any atom is 0.295 e. The summed E-state index contributed by atoms with van der Waals surface area (Å²) in [5.41, 5.74) is -0.105. The molecule has 1 aromatic heterocycles. The summed E-state index contributed by atoms with van der Waals surface area (Å²) in [5.74, 6) is 0. The molecule has 0 aliphatic heterocycles. The molecule has 0 bridgehead atoms. The summed E-state index contributed by atoms with van der Waals surface area (Å²) in [7, 11) is -13.2. The highest BCUT2D eigenvalue weighted by molar-refractivity contribution is 7.98. The third kappa shape index (κ3) is 5.30. The van der Waals surface area contributed by atoms with Crippen molar-refractivity contribution in [3.05, 3.63) is 81.5 Å². The molecule has 200 valence electrons. The molecular formula is C22H20N4O9S3. The van der Waals surface area contributed by atoms with Gasteiger partial charge in [0.2, 0.25) is 0 Å². The molecule has 4 rings (SSSR count). The van der Waals surface area contributed by atoms with Crippen molar-refractivity contribution in [2.75, 3.05) is 0 Å². The van der Waals surface area contributed by atoms with Crippen molar-refractivity contribution in [1.82, 2.24) is 9.78 Å². The van der Waals surface area contributed by atoms with E-state index >= 15 is 0 Å². The lowest BCUT2D eigenvalue weighted by Gasteiger charge is -2.16. The molecule has 13 nitrogen and oxygen atoms in total. The maximum absolute atomic E-state index is 13.0. The van der Waals surface area contributed by atoms with Crippen LogP contribution >= 0.6 is 0 Å². The van der Waals surface area contributed by atoms with Crippen LogP contribution in [-0.4, -0.2) is 44.1 Å². The second-order valence-electron chi connectivity index (χ2n) is 8.22. The first-order valence-corrected chi connectivity index (χ1v) is 15.1. The first kappa shape index (κ1) is 27.3. The van der Waals surface area contributed by atoms with Gasteiger partial charge in [0.1, 0.15) is 4.90 Å². The molecule has 0 saturated carbocycles. The van der Waals surface area contributed by atoms with Gasteiger partial charge < -0.3 is 0 Å². The van der Waals surface area contributed by atoms with Crippen LogP contribution in [0.2, 0.25) is 0 Å². The molecular weight excluding hydrogens is 560 g/mol. The summed E-state index contributed by atoms with van der Waals surface area (Å²) in [6.45, 7) is 4.87. The second-order valence-corrected chi connectivity index (χ2v) is 12.9. The van der Waals surface area contributed by atoms with Gasteiger partial charge in [0, 0.05) is 10.8 Å². The van der Waals surface area contributed by atoms with Crippen molar-refractivity contribution >= 4 is 52.2 Å². The zero-order valence-corrected chi connectivity index (χ0v) is 22.0. The number of sulfone groups is 1. The van der Waals surface area contributed by atoms with E-state index in [-0.39, 0.29) is 33.5 Å². The molecule has 0 radical (unpaired) electrons. The van der Waals surface area contributed by atoms with Gasteiger partial charge in [-0.3, -0.25) is 19.0 Å². The van der Waals surface area contributed by atoms with Gasteiger partial charge in [-0.25, -0.2) is 13.1 Å². The molecule has 1 aliphatic rings. The number of fused-ring (bicyclic) bond motifs is 1. The summed E-state index contributed by atoms with van der Waals surface area (Å²) >= 11 is 0. The molecule has 1 heterocycles. The van der Waals surface area contributed by atoms with Gasteiger partial charge in [-0.2, -0.15) is 21.9 Å². The van der Waals surface area contributed by atoms with Crippen molar-refractivity contribution in [3.63, 3.8) is 0 Å². The summed E-state index contributed by atoms with van der Waals surface area (Å²) in [5, 5.41) is 11.7. The first-order chi connectivity index (χ1) is 17.6. The SMILES string of the molecule is C=CS(=O)(=O)C1=CCC(n2[nH]c(C)c(N=Nc3ccc4c(S(=O)(=O)O)cc(S(=O)(=O)O)cc4c3)c2=O)C=C1. The number of allylic oxidation sites excluding steroid dienone is 3. The Morgan fingerprint density at radius 2 is 1.76 bits per heavy atom.